The van der Waals surface area contributed by atoms with Gasteiger partial charge in [-0.1, -0.05) is 12.1 Å². The lowest BCUT2D eigenvalue weighted by molar-refractivity contribution is 0.253. The van der Waals surface area contributed by atoms with Crippen LogP contribution in [0.15, 0.2) is 29.3 Å². The van der Waals surface area contributed by atoms with Gasteiger partial charge >= 0.3 is 0 Å². The maximum absolute atomic E-state index is 6.01. The SMILES string of the molecule is CCN(CC)C(N)=NCCCCN1CCN(c2cccc(C)c2)CC1. The second-order valence-electron chi connectivity index (χ2n) is 6.79. The molecule has 1 aromatic carbocycles. The molecule has 140 valence electrons. The summed E-state index contributed by atoms with van der Waals surface area (Å²) in [6.07, 6.45) is 2.31. The average molecular weight is 346 g/mol. The van der Waals surface area contributed by atoms with Crippen molar-refractivity contribution < 1.29 is 0 Å². The standard InChI is InChI=1S/C20H35N5/c1-4-24(5-2)20(21)22-11-6-7-12-23-13-15-25(16-14-23)19-10-8-9-18(3)17-19/h8-10,17H,4-7,11-16H2,1-3H3,(H2,21,22). The van der Waals surface area contributed by atoms with Crippen LogP contribution in [-0.2, 0) is 0 Å². The van der Waals surface area contributed by atoms with Crippen molar-refractivity contribution in [2.24, 2.45) is 10.7 Å². The van der Waals surface area contributed by atoms with Gasteiger partial charge in [0.15, 0.2) is 5.96 Å². The van der Waals surface area contributed by atoms with E-state index in [2.05, 4.69) is 64.7 Å². The normalized spacial score (nSPS) is 16.3. The molecular formula is C20H35N5. The molecule has 0 bridgehead atoms. The van der Waals surface area contributed by atoms with E-state index in [-0.39, 0.29) is 0 Å². The number of anilines is 1. The van der Waals surface area contributed by atoms with Crippen molar-refractivity contribution in [1.82, 2.24) is 9.80 Å². The van der Waals surface area contributed by atoms with Gasteiger partial charge in [-0.3, -0.25) is 9.89 Å². The van der Waals surface area contributed by atoms with E-state index in [1.165, 1.54) is 24.2 Å². The Morgan fingerprint density at radius 1 is 1.12 bits per heavy atom. The van der Waals surface area contributed by atoms with Gasteiger partial charge in [0.05, 0.1) is 0 Å². The molecule has 1 aromatic rings. The van der Waals surface area contributed by atoms with E-state index in [9.17, 15) is 0 Å². The molecular weight excluding hydrogens is 310 g/mol. The Hall–Kier alpha value is -1.75. The Labute approximate surface area is 153 Å². The summed E-state index contributed by atoms with van der Waals surface area (Å²) in [7, 11) is 0. The van der Waals surface area contributed by atoms with E-state index in [0.29, 0.717) is 5.96 Å². The van der Waals surface area contributed by atoms with E-state index in [4.69, 9.17) is 5.73 Å². The van der Waals surface area contributed by atoms with Crippen molar-refractivity contribution in [1.29, 1.82) is 0 Å². The molecule has 0 atom stereocenters. The van der Waals surface area contributed by atoms with Crippen LogP contribution in [0.1, 0.15) is 32.3 Å². The van der Waals surface area contributed by atoms with Crippen LogP contribution >= 0.6 is 0 Å². The number of rotatable bonds is 8. The van der Waals surface area contributed by atoms with Crippen LogP contribution in [0.2, 0.25) is 0 Å². The summed E-state index contributed by atoms with van der Waals surface area (Å²) in [5, 5.41) is 0. The van der Waals surface area contributed by atoms with E-state index >= 15 is 0 Å². The number of hydrogen-bond donors (Lipinski definition) is 1. The third kappa shape index (κ3) is 6.24. The van der Waals surface area contributed by atoms with Gasteiger partial charge in [-0.15, -0.1) is 0 Å². The van der Waals surface area contributed by atoms with Gasteiger partial charge < -0.3 is 15.5 Å². The first kappa shape index (κ1) is 19.6. The third-order valence-electron chi connectivity index (χ3n) is 4.98. The van der Waals surface area contributed by atoms with Gasteiger partial charge in [-0.2, -0.15) is 0 Å². The van der Waals surface area contributed by atoms with E-state index in [0.717, 1.165) is 52.2 Å². The molecule has 0 unspecified atom stereocenters. The molecule has 0 saturated carbocycles. The topological polar surface area (TPSA) is 48.1 Å². The highest BCUT2D eigenvalue weighted by Gasteiger charge is 2.16. The first-order valence-electron chi connectivity index (χ1n) is 9.72. The molecule has 1 heterocycles. The predicted octanol–water partition coefficient (Wildman–Crippen LogP) is 2.55. The minimum absolute atomic E-state index is 0.691. The zero-order valence-electron chi connectivity index (χ0n) is 16.2. The molecule has 2 rings (SSSR count). The summed E-state index contributed by atoms with van der Waals surface area (Å²) in [6.45, 7) is 14.8. The van der Waals surface area contributed by atoms with Crippen molar-refractivity contribution in [2.75, 3.05) is 57.3 Å². The molecule has 0 amide bonds. The number of hydrogen-bond acceptors (Lipinski definition) is 3. The molecule has 0 radical (unpaired) electrons. The Kier molecular flexibility index (Phi) is 8.06. The van der Waals surface area contributed by atoms with Crippen molar-refractivity contribution in [2.45, 2.75) is 33.6 Å². The number of nitrogens with zero attached hydrogens (tertiary/aromatic N) is 4. The molecule has 0 aromatic heterocycles. The first-order valence-corrected chi connectivity index (χ1v) is 9.72. The zero-order valence-corrected chi connectivity index (χ0v) is 16.2. The zero-order chi connectivity index (χ0) is 18.1. The van der Waals surface area contributed by atoms with Crippen LogP contribution < -0.4 is 10.6 Å². The molecule has 1 aliphatic rings. The second kappa shape index (κ2) is 10.3. The Morgan fingerprint density at radius 2 is 1.84 bits per heavy atom. The Balaban J connectivity index is 1.63. The number of aryl methyl sites for hydroxylation is 1. The summed E-state index contributed by atoms with van der Waals surface area (Å²) < 4.78 is 0. The molecule has 1 fully saturated rings. The maximum Gasteiger partial charge on any atom is 0.191 e. The van der Waals surface area contributed by atoms with Gasteiger partial charge in [-0.05, 0) is 57.9 Å². The fraction of sp³-hybridized carbons (Fsp3) is 0.650. The van der Waals surface area contributed by atoms with Crippen LogP contribution in [0.4, 0.5) is 5.69 Å². The lowest BCUT2D eigenvalue weighted by Crippen LogP contribution is -2.46. The monoisotopic (exact) mass is 345 g/mol. The molecule has 0 spiro atoms. The van der Waals surface area contributed by atoms with Gasteiger partial charge in [0.2, 0.25) is 0 Å². The Bertz CT molecular complexity index is 531. The molecule has 1 saturated heterocycles. The van der Waals surface area contributed by atoms with Crippen molar-refractivity contribution >= 4 is 11.6 Å². The molecule has 2 N–H and O–H groups in total. The summed E-state index contributed by atoms with van der Waals surface area (Å²) in [5.41, 5.74) is 8.70. The van der Waals surface area contributed by atoms with Crippen LogP contribution in [-0.4, -0.2) is 68.1 Å². The van der Waals surface area contributed by atoms with Crippen molar-refractivity contribution in [3.05, 3.63) is 29.8 Å². The summed E-state index contributed by atoms with van der Waals surface area (Å²) in [6, 6.07) is 8.83. The highest BCUT2D eigenvalue weighted by Crippen LogP contribution is 2.17. The van der Waals surface area contributed by atoms with E-state index in [1.54, 1.807) is 0 Å². The quantitative estimate of drug-likeness (QED) is 0.447. The second-order valence-corrected chi connectivity index (χ2v) is 6.79. The van der Waals surface area contributed by atoms with Gasteiger partial charge in [-0.25, -0.2) is 0 Å². The number of unbranched alkanes of at least 4 members (excludes halogenated alkanes) is 1. The van der Waals surface area contributed by atoms with Gasteiger partial charge in [0.25, 0.3) is 0 Å². The minimum Gasteiger partial charge on any atom is -0.370 e. The fourth-order valence-corrected chi connectivity index (χ4v) is 3.34. The first-order chi connectivity index (χ1) is 12.1. The number of benzene rings is 1. The summed E-state index contributed by atoms with van der Waals surface area (Å²) >= 11 is 0. The Morgan fingerprint density at radius 3 is 2.48 bits per heavy atom. The number of piperazine rings is 1. The van der Waals surface area contributed by atoms with Crippen molar-refractivity contribution in [3.8, 4) is 0 Å². The molecule has 0 aliphatic carbocycles. The smallest absolute Gasteiger partial charge is 0.191 e. The van der Waals surface area contributed by atoms with Crippen LogP contribution in [0.25, 0.3) is 0 Å². The maximum atomic E-state index is 6.01. The van der Waals surface area contributed by atoms with Crippen LogP contribution in [0.5, 0.6) is 0 Å². The lowest BCUT2D eigenvalue weighted by atomic mass is 10.2. The highest BCUT2D eigenvalue weighted by molar-refractivity contribution is 5.77. The highest BCUT2D eigenvalue weighted by atomic mass is 15.3. The predicted molar refractivity (Wildman–Crippen MR) is 108 cm³/mol. The van der Waals surface area contributed by atoms with Crippen LogP contribution in [0.3, 0.4) is 0 Å². The molecule has 1 aliphatic heterocycles. The number of guanidine groups is 1. The van der Waals surface area contributed by atoms with Gasteiger partial charge in [0, 0.05) is 51.5 Å². The lowest BCUT2D eigenvalue weighted by Gasteiger charge is -2.36. The minimum atomic E-state index is 0.691. The fourth-order valence-electron chi connectivity index (χ4n) is 3.34. The van der Waals surface area contributed by atoms with Crippen LogP contribution in [0, 0.1) is 6.92 Å². The largest absolute Gasteiger partial charge is 0.370 e. The summed E-state index contributed by atoms with van der Waals surface area (Å²) in [4.78, 5) is 11.7. The molecule has 5 nitrogen and oxygen atoms in total. The van der Waals surface area contributed by atoms with E-state index in [1.807, 2.05) is 0 Å². The molecule has 25 heavy (non-hydrogen) atoms. The summed E-state index contributed by atoms with van der Waals surface area (Å²) in [5.74, 6) is 0.691. The van der Waals surface area contributed by atoms with Crippen molar-refractivity contribution in [3.63, 3.8) is 0 Å². The molecule has 5 heteroatoms. The third-order valence-corrected chi connectivity index (χ3v) is 4.98. The number of aliphatic imine (C=N–C) groups is 1. The average Bonchev–Trinajstić information content (AvgIpc) is 2.63. The van der Waals surface area contributed by atoms with Gasteiger partial charge in [0.1, 0.15) is 0 Å². The van der Waals surface area contributed by atoms with E-state index < -0.39 is 0 Å². The number of nitrogens with two attached hydrogens (primary N) is 1.